The highest BCUT2D eigenvalue weighted by atomic mass is 32.2. The summed E-state index contributed by atoms with van der Waals surface area (Å²) in [6.45, 7) is 3.58. The van der Waals surface area contributed by atoms with Crippen molar-refractivity contribution in [1.82, 2.24) is 4.31 Å². The lowest BCUT2D eigenvalue weighted by Crippen LogP contribution is -2.37. The second kappa shape index (κ2) is 5.45. The van der Waals surface area contributed by atoms with Crippen molar-refractivity contribution < 1.29 is 13.2 Å². The van der Waals surface area contributed by atoms with E-state index in [1.807, 2.05) is 0 Å². The number of nitrogens with two attached hydrogens (primary N) is 1. The molecule has 0 bridgehead atoms. The molecule has 102 valence electrons. The molecule has 0 spiro atoms. The molecule has 7 heteroatoms. The lowest BCUT2D eigenvalue weighted by Gasteiger charge is -2.22. The summed E-state index contributed by atoms with van der Waals surface area (Å²) in [5.74, 6) is 0.577. The fourth-order valence-electron chi connectivity index (χ4n) is 1.25. The zero-order valence-corrected chi connectivity index (χ0v) is 11.8. The Hall–Kier alpha value is -1.47. The third-order valence-electron chi connectivity index (χ3n) is 2.60. The summed E-state index contributed by atoms with van der Waals surface area (Å²) in [5.41, 5.74) is 6.41. The molecule has 0 aliphatic rings. The van der Waals surface area contributed by atoms with Gasteiger partial charge in [0.1, 0.15) is 5.75 Å². The highest BCUT2D eigenvalue weighted by Crippen LogP contribution is 2.25. The molecule has 1 aromatic carbocycles. The van der Waals surface area contributed by atoms with Crippen molar-refractivity contribution in [2.45, 2.75) is 19.9 Å². The highest BCUT2D eigenvalue weighted by Gasteiger charge is 2.21. The van der Waals surface area contributed by atoms with Crippen LogP contribution < -0.4 is 15.2 Å². The first-order chi connectivity index (χ1) is 8.27. The number of rotatable bonds is 5. The van der Waals surface area contributed by atoms with E-state index >= 15 is 0 Å². The molecule has 6 nitrogen and oxygen atoms in total. The van der Waals surface area contributed by atoms with Gasteiger partial charge in [-0.3, -0.25) is 4.72 Å². The Balaban J connectivity index is 2.98. The maximum atomic E-state index is 12.0. The number of benzene rings is 1. The second-order valence-electron chi connectivity index (χ2n) is 4.17. The average Bonchev–Trinajstić information content (AvgIpc) is 2.30. The van der Waals surface area contributed by atoms with Gasteiger partial charge in [-0.25, -0.2) is 0 Å². The van der Waals surface area contributed by atoms with E-state index in [1.165, 1.54) is 18.5 Å². The molecule has 1 rings (SSSR count). The van der Waals surface area contributed by atoms with E-state index in [2.05, 4.69) is 4.72 Å². The minimum Gasteiger partial charge on any atom is -0.497 e. The van der Waals surface area contributed by atoms with Gasteiger partial charge in [0.2, 0.25) is 0 Å². The Labute approximate surface area is 108 Å². The summed E-state index contributed by atoms with van der Waals surface area (Å²) in [6.07, 6.45) is 0. The number of ether oxygens (including phenoxy) is 1. The van der Waals surface area contributed by atoms with Crippen LogP contribution in [0.25, 0.3) is 0 Å². The zero-order chi connectivity index (χ0) is 13.9. The number of anilines is 2. The number of hydrogen-bond acceptors (Lipinski definition) is 4. The van der Waals surface area contributed by atoms with Crippen molar-refractivity contribution in [3.8, 4) is 5.75 Å². The summed E-state index contributed by atoms with van der Waals surface area (Å²) in [7, 11) is -0.566. The van der Waals surface area contributed by atoms with Gasteiger partial charge in [0.05, 0.1) is 18.5 Å². The summed E-state index contributed by atoms with van der Waals surface area (Å²) in [5, 5.41) is 0. The largest absolute Gasteiger partial charge is 0.497 e. The average molecular weight is 273 g/mol. The van der Waals surface area contributed by atoms with Crippen LogP contribution in [0.4, 0.5) is 11.4 Å². The van der Waals surface area contributed by atoms with E-state index in [0.29, 0.717) is 17.1 Å². The smallest absolute Gasteiger partial charge is 0.301 e. The molecular weight excluding hydrogens is 254 g/mol. The van der Waals surface area contributed by atoms with Gasteiger partial charge in [0.15, 0.2) is 0 Å². The molecule has 18 heavy (non-hydrogen) atoms. The zero-order valence-electron chi connectivity index (χ0n) is 11.0. The summed E-state index contributed by atoms with van der Waals surface area (Å²) < 4.78 is 32.6. The fourth-order valence-corrected chi connectivity index (χ4v) is 2.41. The van der Waals surface area contributed by atoms with Crippen molar-refractivity contribution in [3.05, 3.63) is 18.2 Å². The number of methoxy groups -OCH3 is 1. The van der Waals surface area contributed by atoms with Crippen LogP contribution in [0, 0.1) is 0 Å². The van der Waals surface area contributed by atoms with Gasteiger partial charge in [0.25, 0.3) is 0 Å². The molecule has 0 aliphatic heterocycles. The third-order valence-corrected chi connectivity index (χ3v) is 4.26. The van der Waals surface area contributed by atoms with Gasteiger partial charge >= 0.3 is 10.2 Å². The standard InChI is InChI=1S/C11H19N3O3S/c1-8(2)14(3)18(15,16)13-11-6-5-9(17-4)7-10(11)12/h5-8,13H,12H2,1-4H3. The molecule has 0 heterocycles. The number of nitrogens with zero attached hydrogens (tertiary/aromatic N) is 1. The minimum atomic E-state index is -3.59. The molecule has 0 atom stereocenters. The Morgan fingerprint density at radius 3 is 2.44 bits per heavy atom. The van der Waals surface area contributed by atoms with Gasteiger partial charge < -0.3 is 10.5 Å². The van der Waals surface area contributed by atoms with Gasteiger partial charge in [-0.2, -0.15) is 12.7 Å². The van der Waals surface area contributed by atoms with E-state index < -0.39 is 10.2 Å². The van der Waals surface area contributed by atoms with Crippen molar-refractivity contribution in [1.29, 1.82) is 0 Å². The van der Waals surface area contributed by atoms with Crippen LogP contribution in [0.2, 0.25) is 0 Å². The van der Waals surface area contributed by atoms with E-state index in [0.717, 1.165) is 0 Å². The topological polar surface area (TPSA) is 84.7 Å². The van der Waals surface area contributed by atoms with Crippen molar-refractivity contribution >= 4 is 21.6 Å². The molecule has 0 fully saturated rings. The van der Waals surface area contributed by atoms with E-state index in [9.17, 15) is 8.42 Å². The van der Waals surface area contributed by atoms with Crippen LogP contribution in [-0.2, 0) is 10.2 Å². The molecule has 1 aromatic rings. The fraction of sp³-hybridized carbons (Fsp3) is 0.455. The van der Waals surface area contributed by atoms with Gasteiger partial charge in [-0.05, 0) is 26.0 Å². The predicted molar refractivity (Wildman–Crippen MR) is 72.8 cm³/mol. The predicted octanol–water partition coefficient (Wildman–Crippen LogP) is 1.27. The van der Waals surface area contributed by atoms with E-state index in [4.69, 9.17) is 10.5 Å². The first-order valence-corrected chi connectivity index (χ1v) is 6.91. The Bertz CT molecular complexity index is 514. The molecular formula is C11H19N3O3S. The third kappa shape index (κ3) is 3.27. The van der Waals surface area contributed by atoms with Crippen LogP contribution >= 0.6 is 0 Å². The summed E-state index contributed by atoms with van der Waals surface area (Å²) >= 11 is 0. The van der Waals surface area contributed by atoms with Gasteiger partial charge in [-0.1, -0.05) is 0 Å². The Kier molecular flexibility index (Phi) is 4.42. The Morgan fingerprint density at radius 2 is 2.00 bits per heavy atom. The van der Waals surface area contributed by atoms with Crippen LogP contribution in [0.15, 0.2) is 18.2 Å². The van der Waals surface area contributed by atoms with Crippen LogP contribution in [0.3, 0.4) is 0 Å². The first kappa shape index (κ1) is 14.6. The normalized spacial score (nSPS) is 11.9. The minimum absolute atomic E-state index is 0.137. The highest BCUT2D eigenvalue weighted by molar-refractivity contribution is 7.90. The molecule has 0 saturated heterocycles. The summed E-state index contributed by atoms with van der Waals surface area (Å²) in [6, 6.07) is 4.64. The number of hydrogen-bond donors (Lipinski definition) is 2. The van der Waals surface area contributed by atoms with Crippen LogP contribution in [0.1, 0.15) is 13.8 Å². The molecule has 0 amide bonds. The first-order valence-electron chi connectivity index (χ1n) is 5.47. The number of nitrogen functional groups attached to an aromatic ring is 1. The SMILES string of the molecule is COc1ccc(NS(=O)(=O)N(C)C(C)C)c(N)c1. The quantitative estimate of drug-likeness (QED) is 0.791. The van der Waals surface area contributed by atoms with Crippen molar-refractivity contribution in [3.63, 3.8) is 0 Å². The van der Waals surface area contributed by atoms with Gasteiger partial charge in [0, 0.05) is 19.2 Å². The lowest BCUT2D eigenvalue weighted by molar-refractivity contribution is 0.413. The van der Waals surface area contributed by atoms with Gasteiger partial charge in [-0.15, -0.1) is 0 Å². The summed E-state index contributed by atoms with van der Waals surface area (Å²) in [4.78, 5) is 0. The molecule has 0 unspecified atom stereocenters. The van der Waals surface area contributed by atoms with E-state index in [1.54, 1.807) is 32.0 Å². The molecule has 0 radical (unpaired) electrons. The van der Waals surface area contributed by atoms with Crippen molar-refractivity contribution in [2.75, 3.05) is 24.6 Å². The van der Waals surface area contributed by atoms with Crippen LogP contribution in [0.5, 0.6) is 5.75 Å². The maximum Gasteiger partial charge on any atom is 0.301 e. The van der Waals surface area contributed by atoms with Crippen molar-refractivity contribution in [2.24, 2.45) is 0 Å². The number of nitrogens with one attached hydrogen (secondary N) is 1. The monoisotopic (exact) mass is 273 g/mol. The maximum absolute atomic E-state index is 12.0. The van der Waals surface area contributed by atoms with E-state index in [-0.39, 0.29) is 6.04 Å². The molecule has 0 saturated carbocycles. The second-order valence-corrected chi connectivity index (χ2v) is 5.90. The molecule has 0 aliphatic carbocycles. The molecule has 0 aromatic heterocycles. The molecule has 3 N–H and O–H groups in total. The lowest BCUT2D eigenvalue weighted by atomic mass is 10.2. The Morgan fingerprint density at radius 1 is 1.39 bits per heavy atom. The van der Waals surface area contributed by atoms with Crippen LogP contribution in [-0.4, -0.2) is 32.9 Å².